The van der Waals surface area contributed by atoms with Gasteiger partial charge >= 0.3 is 0 Å². The van der Waals surface area contributed by atoms with Crippen LogP contribution in [0.25, 0.3) is 0 Å². The highest BCUT2D eigenvalue weighted by Crippen LogP contribution is 1.13. The fourth-order valence-electron chi connectivity index (χ4n) is 0. The summed E-state index contributed by atoms with van der Waals surface area (Å²) in [5.41, 5.74) is 8.94. The predicted molar refractivity (Wildman–Crippen MR) is 52.0 cm³/mol. The third-order valence-electron chi connectivity index (χ3n) is 0. The van der Waals surface area contributed by atoms with Crippen molar-refractivity contribution in [2.75, 3.05) is 0 Å². The molecule has 0 fully saturated rings. The smallest absolute Gasteiger partial charge is 0.183 e. The van der Waals surface area contributed by atoms with Crippen molar-refractivity contribution in [2.45, 2.75) is 0 Å². The van der Waals surface area contributed by atoms with Crippen LogP contribution < -0.4 is 17.6 Å². The van der Waals surface area contributed by atoms with Gasteiger partial charge in [0.15, 0.2) is 5.96 Å². The summed E-state index contributed by atoms with van der Waals surface area (Å²) in [4.78, 5) is 0. The van der Waals surface area contributed by atoms with Crippen LogP contribution in [0.15, 0.2) is 0 Å². The first-order valence-electron chi connectivity index (χ1n) is 0.827. The maximum Gasteiger partial charge on any atom is 0.183 e. The molecule has 0 heterocycles. The largest absolute Gasteiger partial charge is 0.370 e. The minimum absolute atomic E-state index is 0. The van der Waals surface area contributed by atoms with Crippen LogP contribution in [0.5, 0.6) is 0 Å². The van der Waals surface area contributed by atoms with Crippen molar-refractivity contribution in [2.24, 2.45) is 11.5 Å². The third kappa shape index (κ3) is 309. The van der Waals surface area contributed by atoms with Crippen molar-refractivity contribution in [1.82, 2.24) is 6.15 Å². The summed E-state index contributed by atoms with van der Waals surface area (Å²) in [5.74, 6) is -0.333. The average molecular weight is 332 g/mol. The Labute approximate surface area is 76.5 Å². The Kier molecular flexibility index (Phi) is 57.4. The fraction of sp³-hybridized carbons (Fsp3) is 0. The van der Waals surface area contributed by atoms with E-state index < -0.39 is 0 Å². The number of rotatable bonds is 0. The Morgan fingerprint density at radius 3 is 1.14 bits per heavy atom. The van der Waals surface area contributed by atoms with Gasteiger partial charge in [0.25, 0.3) is 0 Å². The molecule has 0 unspecified atom stereocenters. The summed E-state index contributed by atoms with van der Waals surface area (Å²) in [6, 6.07) is 0. The molecule has 0 rings (SSSR count). The van der Waals surface area contributed by atoms with Crippen LogP contribution in [0.2, 0.25) is 0 Å². The molecule has 0 bridgehead atoms. The first-order chi connectivity index (χ1) is 1.73. The molecule has 0 aromatic carbocycles. The monoisotopic (exact) mass is 332 g/mol. The lowest BCUT2D eigenvalue weighted by Gasteiger charge is -1.69. The van der Waals surface area contributed by atoms with Gasteiger partial charge in [-0.15, -0.1) is 48.0 Å². The van der Waals surface area contributed by atoms with Gasteiger partial charge in [0, 0.05) is 0 Å². The molecule has 0 radical (unpaired) electrons. The Morgan fingerprint density at radius 1 is 1.14 bits per heavy atom. The van der Waals surface area contributed by atoms with Crippen LogP contribution in [-0.2, 0) is 0 Å². The molecule has 0 saturated heterocycles. The highest BCUT2D eigenvalue weighted by atomic mass is 127. The Balaban J connectivity index is -0.0000000150. The highest BCUT2D eigenvalue weighted by molar-refractivity contribution is 14.0. The lowest BCUT2D eigenvalue weighted by atomic mass is 11.1. The van der Waals surface area contributed by atoms with Gasteiger partial charge in [0.1, 0.15) is 0 Å². The molecule has 8 N–H and O–H groups in total. The van der Waals surface area contributed by atoms with E-state index in [1.807, 2.05) is 0 Å². The van der Waals surface area contributed by atoms with Crippen molar-refractivity contribution in [3.63, 3.8) is 0 Å². The highest BCUT2D eigenvalue weighted by Gasteiger charge is 1.52. The summed E-state index contributed by atoms with van der Waals surface area (Å²) in [5, 5.41) is 6.06. The second-order valence-corrected chi connectivity index (χ2v) is 0.455. The molecule has 6 heteroatoms. The molecule has 0 aromatic heterocycles. The van der Waals surface area contributed by atoms with Crippen LogP contribution in [0.4, 0.5) is 0 Å². The van der Waals surface area contributed by atoms with Crippen molar-refractivity contribution in [3.8, 4) is 0 Å². The number of guanidine groups is 1. The lowest BCUT2D eigenvalue weighted by Crippen LogP contribution is -2.20. The molecular weight excluding hydrogens is 322 g/mol. The molecule has 0 aliphatic heterocycles. The van der Waals surface area contributed by atoms with Gasteiger partial charge in [-0.2, -0.15) is 0 Å². The zero-order valence-electron chi connectivity index (χ0n) is 3.68. The van der Waals surface area contributed by atoms with E-state index in [4.69, 9.17) is 5.41 Å². The lowest BCUT2D eigenvalue weighted by molar-refractivity contribution is 1.39. The van der Waals surface area contributed by atoms with Gasteiger partial charge < -0.3 is 17.6 Å². The van der Waals surface area contributed by atoms with E-state index in [1.54, 1.807) is 0 Å². The third-order valence-corrected chi connectivity index (χ3v) is 0. The number of hydrogen-bond acceptors (Lipinski definition) is 2. The quantitative estimate of drug-likeness (QED) is 0.290. The maximum absolute atomic E-state index is 6.06. The molecule has 48 valence electrons. The van der Waals surface area contributed by atoms with E-state index in [9.17, 15) is 0 Å². The molecular formula is CH10I2N4. The van der Waals surface area contributed by atoms with Gasteiger partial charge in [0.2, 0.25) is 0 Å². The minimum Gasteiger partial charge on any atom is -0.370 e. The van der Waals surface area contributed by atoms with E-state index in [0.717, 1.165) is 0 Å². The predicted octanol–water partition coefficient (Wildman–Crippen LogP) is 0.237. The first kappa shape index (κ1) is 25.3. The van der Waals surface area contributed by atoms with E-state index in [0.29, 0.717) is 0 Å². The van der Waals surface area contributed by atoms with Crippen LogP contribution in [-0.4, -0.2) is 5.96 Å². The molecule has 0 atom stereocenters. The normalized spacial score (nSPS) is 3.43. The van der Waals surface area contributed by atoms with E-state index >= 15 is 0 Å². The summed E-state index contributed by atoms with van der Waals surface area (Å²) >= 11 is 0. The zero-order chi connectivity index (χ0) is 3.58. The van der Waals surface area contributed by atoms with Crippen molar-refractivity contribution in [1.29, 1.82) is 5.41 Å². The van der Waals surface area contributed by atoms with E-state index in [-0.39, 0.29) is 60.1 Å². The molecule has 0 aliphatic carbocycles. The van der Waals surface area contributed by atoms with Gasteiger partial charge in [0.05, 0.1) is 0 Å². The molecule has 4 nitrogen and oxygen atoms in total. The fourth-order valence-corrected chi connectivity index (χ4v) is 0. The van der Waals surface area contributed by atoms with Crippen molar-refractivity contribution >= 4 is 53.9 Å². The van der Waals surface area contributed by atoms with Crippen LogP contribution in [0, 0.1) is 5.41 Å². The summed E-state index contributed by atoms with van der Waals surface area (Å²) in [6.45, 7) is 0. The molecule has 7 heavy (non-hydrogen) atoms. The maximum atomic E-state index is 6.06. The number of hydrogen-bond donors (Lipinski definition) is 4. The number of halogens is 2. The standard InChI is InChI=1S/CH5N3.2HI.H3N/c2-1(3)4;;;/h(H5,2,3,4);2*1H;1H3. The molecule has 0 aromatic rings. The van der Waals surface area contributed by atoms with E-state index in [1.165, 1.54) is 0 Å². The van der Waals surface area contributed by atoms with Gasteiger partial charge in [-0.05, 0) is 0 Å². The van der Waals surface area contributed by atoms with Crippen LogP contribution >= 0.6 is 48.0 Å². The second-order valence-electron chi connectivity index (χ2n) is 0.455. The van der Waals surface area contributed by atoms with Gasteiger partial charge in [-0.3, -0.25) is 5.41 Å². The van der Waals surface area contributed by atoms with Crippen LogP contribution in [0.1, 0.15) is 0 Å². The van der Waals surface area contributed by atoms with E-state index in [2.05, 4.69) is 11.5 Å². The summed E-state index contributed by atoms with van der Waals surface area (Å²) in [7, 11) is 0. The molecule has 0 aliphatic rings. The van der Waals surface area contributed by atoms with Crippen molar-refractivity contribution < 1.29 is 0 Å². The topological polar surface area (TPSA) is 111 Å². The number of nitrogens with one attached hydrogen (secondary N) is 1. The zero-order valence-corrected chi connectivity index (χ0v) is 8.34. The van der Waals surface area contributed by atoms with Gasteiger partial charge in [-0.1, -0.05) is 0 Å². The number of nitrogens with two attached hydrogens (primary N) is 2. The Morgan fingerprint density at radius 2 is 1.14 bits per heavy atom. The Hall–Kier alpha value is 0.690. The SMILES string of the molecule is I.I.N.N=C(N)N. The first-order valence-corrected chi connectivity index (χ1v) is 0.827. The Bertz CT molecular complexity index is 32.7. The minimum atomic E-state index is -0.333. The molecule has 0 spiro atoms. The average Bonchev–Trinajstić information content (AvgIpc) is 0.811. The molecule has 0 saturated carbocycles. The van der Waals surface area contributed by atoms with Gasteiger partial charge in [-0.25, -0.2) is 0 Å². The molecule has 0 amide bonds. The van der Waals surface area contributed by atoms with Crippen molar-refractivity contribution in [3.05, 3.63) is 0 Å². The second kappa shape index (κ2) is 15.9. The van der Waals surface area contributed by atoms with Crippen LogP contribution in [0.3, 0.4) is 0 Å². The summed E-state index contributed by atoms with van der Waals surface area (Å²) < 4.78 is 0. The summed E-state index contributed by atoms with van der Waals surface area (Å²) in [6.07, 6.45) is 0.